The average Bonchev–Trinajstić information content (AvgIpc) is 2.49. The van der Waals surface area contributed by atoms with Crippen LogP contribution in [0.15, 0.2) is 41.3 Å². The number of halogens is 2. The molecule has 1 heterocycles. The Morgan fingerprint density at radius 1 is 1.14 bits per heavy atom. The zero-order valence-corrected chi connectivity index (χ0v) is 14.3. The minimum atomic E-state index is -3.59. The van der Waals surface area contributed by atoms with Gasteiger partial charge in [-0.2, -0.15) is 0 Å². The maximum Gasteiger partial charge on any atom is 0.198 e. The predicted molar refractivity (Wildman–Crippen MR) is 89.3 cm³/mol. The van der Waals surface area contributed by atoms with E-state index in [0.717, 1.165) is 23.1 Å². The Hall–Kier alpha value is -1.07. The van der Waals surface area contributed by atoms with Crippen LogP contribution in [0.5, 0.6) is 0 Å². The molecule has 1 aliphatic rings. The highest BCUT2D eigenvalue weighted by molar-refractivity contribution is 7.91. The van der Waals surface area contributed by atoms with Crippen molar-refractivity contribution in [3.05, 3.63) is 63.1 Å². The van der Waals surface area contributed by atoms with E-state index in [-0.39, 0.29) is 4.90 Å². The molecule has 2 aromatic rings. The number of sulfone groups is 1. The first kappa shape index (κ1) is 15.8. The lowest BCUT2D eigenvalue weighted by atomic mass is 10.0. The van der Waals surface area contributed by atoms with Crippen LogP contribution in [0.1, 0.15) is 22.1 Å². The molecule has 1 atom stereocenters. The van der Waals surface area contributed by atoms with Crippen molar-refractivity contribution < 1.29 is 8.42 Å². The summed E-state index contributed by atoms with van der Waals surface area (Å²) in [7, 11) is -3.59. The Labute approximate surface area is 140 Å². The number of nitrogens with one attached hydrogen (secondary N) is 1. The molecule has 0 saturated heterocycles. The second kappa shape index (κ2) is 5.85. The fourth-order valence-corrected chi connectivity index (χ4v) is 4.78. The molecule has 0 amide bonds. The number of aryl methyl sites for hydroxylation is 1. The molecule has 1 N–H and O–H groups in total. The van der Waals surface area contributed by atoms with Crippen LogP contribution < -0.4 is 5.32 Å². The number of hydrogen-bond donors (Lipinski definition) is 1. The highest BCUT2D eigenvalue weighted by Gasteiger charge is 2.33. The van der Waals surface area contributed by atoms with Gasteiger partial charge in [0.15, 0.2) is 9.84 Å². The van der Waals surface area contributed by atoms with Gasteiger partial charge in [0.1, 0.15) is 5.37 Å². The van der Waals surface area contributed by atoms with Gasteiger partial charge in [-0.25, -0.2) is 8.42 Å². The van der Waals surface area contributed by atoms with Crippen molar-refractivity contribution in [1.82, 2.24) is 5.32 Å². The van der Waals surface area contributed by atoms with Crippen LogP contribution in [0.25, 0.3) is 0 Å². The molecular weight excluding hydrogens is 341 g/mol. The topological polar surface area (TPSA) is 46.2 Å². The quantitative estimate of drug-likeness (QED) is 0.887. The predicted octanol–water partition coefficient (Wildman–Crippen LogP) is 3.92. The maximum atomic E-state index is 13.0. The number of rotatable bonds is 2. The summed E-state index contributed by atoms with van der Waals surface area (Å²) in [6.45, 7) is 2.45. The maximum absolute atomic E-state index is 13.0. The van der Waals surface area contributed by atoms with Gasteiger partial charge in [-0.05, 0) is 54.3 Å². The van der Waals surface area contributed by atoms with E-state index in [2.05, 4.69) is 5.32 Å². The Morgan fingerprint density at radius 3 is 2.64 bits per heavy atom. The van der Waals surface area contributed by atoms with E-state index in [1.165, 1.54) is 6.07 Å². The van der Waals surface area contributed by atoms with Crippen LogP contribution in [0.4, 0.5) is 0 Å². The molecule has 1 unspecified atom stereocenters. The van der Waals surface area contributed by atoms with Crippen molar-refractivity contribution in [2.75, 3.05) is 6.54 Å². The Kier molecular flexibility index (Phi) is 4.21. The normalized spacial score (nSPS) is 18.0. The molecule has 0 radical (unpaired) electrons. The zero-order valence-electron chi connectivity index (χ0n) is 11.9. The molecule has 0 aromatic heterocycles. The van der Waals surface area contributed by atoms with Crippen molar-refractivity contribution in [1.29, 1.82) is 0 Å². The van der Waals surface area contributed by atoms with Crippen molar-refractivity contribution in [3.8, 4) is 0 Å². The van der Waals surface area contributed by atoms with E-state index in [9.17, 15) is 8.42 Å². The van der Waals surface area contributed by atoms with E-state index >= 15 is 0 Å². The summed E-state index contributed by atoms with van der Waals surface area (Å²) in [5, 5.41) is 3.27. The Bertz CT molecular complexity index is 834. The van der Waals surface area contributed by atoms with Crippen molar-refractivity contribution in [2.45, 2.75) is 23.6 Å². The third-order valence-electron chi connectivity index (χ3n) is 3.90. The highest BCUT2D eigenvalue weighted by Crippen LogP contribution is 2.34. The molecular formula is C16H15Cl2NO2S. The second-order valence-corrected chi connectivity index (χ2v) is 8.26. The minimum absolute atomic E-state index is 0.216. The number of fused-ring (bicyclic) bond motifs is 1. The van der Waals surface area contributed by atoms with Gasteiger partial charge in [0.2, 0.25) is 0 Å². The van der Waals surface area contributed by atoms with E-state index in [4.69, 9.17) is 23.2 Å². The van der Waals surface area contributed by atoms with Crippen LogP contribution in [-0.2, 0) is 16.3 Å². The SMILES string of the molecule is Cc1ccc(S(=O)(=O)C2NCCc3ccc(Cl)cc32)cc1Cl. The van der Waals surface area contributed by atoms with Gasteiger partial charge >= 0.3 is 0 Å². The third kappa shape index (κ3) is 2.76. The third-order valence-corrected chi connectivity index (χ3v) is 6.49. The van der Waals surface area contributed by atoms with Crippen LogP contribution in [0.2, 0.25) is 10.0 Å². The van der Waals surface area contributed by atoms with Gasteiger partial charge in [0, 0.05) is 16.6 Å². The van der Waals surface area contributed by atoms with Crippen LogP contribution in [0, 0.1) is 6.92 Å². The van der Waals surface area contributed by atoms with Gasteiger partial charge in [0.25, 0.3) is 0 Å². The van der Waals surface area contributed by atoms with Crippen molar-refractivity contribution in [2.24, 2.45) is 0 Å². The monoisotopic (exact) mass is 355 g/mol. The minimum Gasteiger partial charge on any atom is -0.297 e. The van der Waals surface area contributed by atoms with E-state index in [0.29, 0.717) is 16.6 Å². The van der Waals surface area contributed by atoms with Crippen LogP contribution in [-0.4, -0.2) is 15.0 Å². The molecule has 0 bridgehead atoms. The van der Waals surface area contributed by atoms with Crippen molar-refractivity contribution in [3.63, 3.8) is 0 Å². The molecule has 1 aliphatic heterocycles. The lowest BCUT2D eigenvalue weighted by Crippen LogP contribution is -2.35. The lowest BCUT2D eigenvalue weighted by molar-refractivity contribution is 0.542. The first-order valence-corrected chi connectivity index (χ1v) is 9.21. The van der Waals surface area contributed by atoms with Gasteiger partial charge in [-0.3, -0.25) is 5.32 Å². The van der Waals surface area contributed by atoms with Gasteiger partial charge in [-0.1, -0.05) is 35.3 Å². The Balaban J connectivity index is 2.11. The van der Waals surface area contributed by atoms with Crippen LogP contribution >= 0.6 is 23.2 Å². The fourth-order valence-electron chi connectivity index (χ4n) is 2.65. The second-order valence-electron chi connectivity index (χ2n) is 5.38. The van der Waals surface area contributed by atoms with E-state index < -0.39 is 15.2 Å². The summed E-state index contributed by atoms with van der Waals surface area (Å²) in [4.78, 5) is 0.216. The molecule has 3 nitrogen and oxygen atoms in total. The van der Waals surface area contributed by atoms with Gasteiger partial charge in [0.05, 0.1) is 4.90 Å². The molecule has 0 fully saturated rings. The summed E-state index contributed by atoms with van der Waals surface area (Å²) >= 11 is 12.1. The lowest BCUT2D eigenvalue weighted by Gasteiger charge is -2.27. The summed E-state index contributed by atoms with van der Waals surface area (Å²) in [5.74, 6) is 0. The molecule has 22 heavy (non-hydrogen) atoms. The molecule has 2 aromatic carbocycles. The molecule has 0 aliphatic carbocycles. The zero-order chi connectivity index (χ0) is 15.9. The summed E-state index contributed by atoms with van der Waals surface area (Å²) in [6.07, 6.45) is 0.785. The largest absolute Gasteiger partial charge is 0.297 e. The summed E-state index contributed by atoms with van der Waals surface area (Å²) in [5.41, 5.74) is 2.58. The van der Waals surface area contributed by atoms with E-state index in [1.807, 2.05) is 13.0 Å². The average molecular weight is 356 g/mol. The van der Waals surface area contributed by atoms with E-state index in [1.54, 1.807) is 24.3 Å². The standard InChI is InChI=1S/C16H15Cl2NO2S/c1-10-2-5-13(9-15(10)18)22(20,21)16-14-8-12(17)4-3-11(14)6-7-19-16/h2-5,8-9,16,19H,6-7H2,1H3. The fraction of sp³-hybridized carbons (Fsp3) is 0.250. The highest BCUT2D eigenvalue weighted by atomic mass is 35.5. The number of hydrogen-bond acceptors (Lipinski definition) is 3. The van der Waals surface area contributed by atoms with Gasteiger partial charge < -0.3 is 0 Å². The Morgan fingerprint density at radius 2 is 1.91 bits per heavy atom. The summed E-state index contributed by atoms with van der Waals surface area (Å²) < 4.78 is 25.9. The summed E-state index contributed by atoms with van der Waals surface area (Å²) in [6, 6.07) is 10.2. The number of benzene rings is 2. The molecule has 3 rings (SSSR count). The molecule has 0 spiro atoms. The smallest absolute Gasteiger partial charge is 0.198 e. The van der Waals surface area contributed by atoms with Gasteiger partial charge in [-0.15, -0.1) is 0 Å². The first-order valence-electron chi connectivity index (χ1n) is 6.91. The van der Waals surface area contributed by atoms with Crippen LogP contribution in [0.3, 0.4) is 0 Å². The first-order chi connectivity index (χ1) is 10.4. The molecule has 0 saturated carbocycles. The van der Waals surface area contributed by atoms with Crippen molar-refractivity contribution >= 4 is 33.0 Å². The molecule has 6 heteroatoms. The molecule has 116 valence electrons.